The van der Waals surface area contributed by atoms with Gasteiger partial charge in [0.15, 0.2) is 0 Å². The van der Waals surface area contributed by atoms with Gasteiger partial charge in [0, 0.05) is 13.1 Å². The van der Waals surface area contributed by atoms with E-state index in [0.717, 1.165) is 45.4 Å². The number of rotatable bonds is 6. The molecule has 1 saturated heterocycles. The molecule has 0 aromatic heterocycles. The van der Waals surface area contributed by atoms with Crippen LogP contribution < -0.4 is 5.32 Å². The van der Waals surface area contributed by atoms with Gasteiger partial charge in [0.25, 0.3) is 0 Å². The van der Waals surface area contributed by atoms with Gasteiger partial charge < -0.3 is 10.2 Å². The second-order valence-corrected chi connectivity index (χ2v) is 4.86. The molecule has 0 saturated carbocycles. The summed E-state index contributed by atoms with van der Waals surface area (Å²) in [6.07, 6.45) is -1.61. The minimum atomic E-state index is -4.03. The summed E-state index contributed by atoms with van der Waals surface area (Å²) < 4.78 is 36.6. The van der Waals surface area contributed by atoms with Crippen LogP contribution in [0.4, 0.5) is 13.2 Å². The van der Waals surface area contributed by atoms with Crippen molar-refractivity contribution in [2.24, 2.45) is 5.92 Å². The van der Waals surface area contributed by atoms with Gasteiger partial charge in [-0.3, -0.25) is 0 Å². The van der Waals surface area contributed by atoms with Gasteiger partial charge in [0.05, 0.1) is 6.42 Å². The first kappa shape index (κ1) is 14.8. The van der Waals surface area contributed by atoms with Crippen LogP contribution in [0.3, 0.4) is 0 Å². The van der Waals surface area contributed by atoms with Crippen molar-refractivity contribution in [3.8, 4) is 0 Å². The van der Waals surface area contributed by atoms with Crippen molar-refractivity contribution in [1.82, 2.24) is 10.2 Å². The van der Waals surface area contributed by atoms with Crippen LogP contribution in [0.15, 0.2) is 0 Å². The molecule has 0 bridgehead atoms. The highest BCUT2D eigenvalue weighted by atomic mass is 19.4. The first-order valence-corrected chi connectivity index (χ1v) is 6.51. The molecule has 1 aliphatic rings. The molecular formula is C12H23F3N2. The van der Waals surface area contributed by atoms with Crippen molar-refractivity contribution in [2.45, 2.75) is 38.8 Å². The smallest absolute Gasteiger partial charge is 0.317 e. The minimum absolute atomic E-state index is 0.154. The predicted molar refractivity (Wildman–Crippen MR) is 63.0 cm³/mol. The Balaban J connectivity index is 2.31. The Bertz CT molecular complexity index is 200. The van der Waals surface area contributed by atoms with Crippen molar-refractivity contribution < 1.29 is 13.2 Å². The minimum Gasteiger partial charge on any atom is -0.317 e. The summed E-state index contributed by atoms with van der Waals surface area (Å²) in [7, 11) is 0. The number of halogens is 3. The molecule has 102 valence electrons. The zero-order valence-electron chi connectivity index (χ0n) is 10.5. The summed E-state index contributed by atoms with van der Waals surface area (Å²) in [6, 6.07) is 0. The maximum Gasteiger partial charge on any atom is 0.390 e. The van der Waals surface area contributed by atoms with Crippen LogP contribution in [0.5, 0.6) is 0 Å². The molecule has 1 rings (SSSR count). The van der Waals surface area contributed by atoms with Crippen LogP contribution in [0, 0.1) is 5.92 Å². The molecule has 0 aliphatic carbocycles. The van der Waals surface area contributed by atoms with E-state index in [1.54, 1.807) is 0 Å². The van der Waals surface area contributed by atoms with E-state index in [0.29, 0.717) is 5.92 Å². The zero-order valence-corrected chi connectivity index (χ0v) is 10.5. The molecule has 0 aromatic rings. The third-order valence-corrected chi connectivity index (χ3v) is 3.23. The molecule has 1 fully saturated rings. The fraction of sp³-hybridized carbons (Fsp3) is 1.00. The van der Waals surface area contributed by atoms with Crippen LogP contribution >= 0.6 is 0 Å². The first-order valence-electron chi connectivity index (χ1n) is 6.51. The zero-order chi connectivity index (χ0) is 12.7. The van der Waals surface area contributed by atoms with Crippen LogP contribution in [0.25, 0.3) is 0 Å². The number of nitrogens with one attached hydrogen (secondary N) is 1. The normalized spacial score (nSPS) is 18.9. The fourth-order valence-corrected chi connectivity index (χ4v) is 2.32. The molecule has 0 aromatic carbocycles. The summed E-state index contributed by atoms with van der Waals surface area (Å²) in [4.78, 5) is 1.98. The van der Waals surface area contributed by atoms with Crippen molar-refractivity contribution in [3.05, 3.63) is 0 Å². The van der Waals surface area contributed by atoms with E-state index in [1.807, 2.05) is 11.8 Å². The molecule has 1 N–H and O–H groups in total. The maximum absolute atomic E-state index is 12.2. The standard InChI is InChI=1S/C12H23F3N2/c1-2-8-17(9-5-12(13,14)15)10-11-3-6-16-7-4-11/h11,16H,2-10H2,1H3. The molecule has 1 aliphatic heterocycles. The van der Waals surface area contributed by atoms with Crippen LogP contribution in [-0.4, -0.2) is 43.8 Å². The average molecular weight is 252 g/mol. The molecule has 2 nitrogen and oxygen atoms in total. The van der Waals surface area contributed by atoms with E-state index in [9.17, 15) is 13.2 Å². The number of alkyl halides is 3. The van der Waals surface area contributed by atoms with Crippen LogP contribution in [-0.2, 0) is 0 Å². The fourth-order valence-electron chi connectivity index (χ4n) is 2.32. The highest BCUT2D eigenvalue weighted by molar-refractivity contribution is 4.73. The Morgan fingerprint density at radius 2 is 1.82 bits per heavy atom. The molecular weight excluding hydrogens is 229 g/mol. The highest BCUT2D eigenvalue weighted by Gasteiger charge is 2.28. The number of nitrogens with zero attached hydrogens (tertiary/aromatic N) is 1. The van der Waals surface area contributed by atoms with Crippen molar-refractivity contribution in [3.63, 3.8) is 0 Å². The average Bonchev–Trinajstić information content (AvgIpc) is 2.27. The van der Waals surface area contributed by atoms with E-state index in [4.69, 9.17) is 0 Å². The summed E-state index contributed by atoms with van der Waals surface area (Å²) in [5, 5.41) is 3.28. The lowest BCUT2D eigenvalue weighted by atomic mass is 9.97. The van der Waals surface area contributed by atoms with Crippen molar-refractivity contribution in [1.29, 1.82) is 0 Å². The summed E-state index contributed by atoms with van der Waals surface area (Å²) in [5.74, 6) is 0.566. The van der Waals surface area contributed by atoms with Crippen molar-refractivity contribution >= 4 is 0 Å². The van der Waals surface area contributed by atoms with Gasteiger partial charge in [-0.1, -0.05) is 6.92 Å². The molecule has 1 heterocycles. The lowest BCUT2D eigenvalue weighted by molar-refractivity contribution is -0.138. The van der Waals surface area contributed by atoms with E-state index in [2.05, 4.69) is 5.32 Å². The van der Waals surface area contributed by atoms with Crippen LogP contribution in [0.1, 0.15) is 32.6 Å². The Labute approximate surface area is 102 Å². The van der Waals surface area contributed by atoms with E-state index in [1.165, 1.54) is 0 Å². The van der Waals surface area contributed by atoms with Gasteiger partial charge in [-0.2, -0.15) is 13.2 Å². The number of hydrogen-bond acceptors (Lipinski definition) is 2. The second-order valence-electron chi connectivity index (χ2n) is 4.86. The SMILES string of the molecule is CCCN(CCC(F)(F)F)CC1CCNCC1. The summed E-state index contributed by atoms with van der Waals surface area (Å²) in [5.41, 5.74) is 0. The third kappa shape index (κ3) is 6.88. The van der Waals surface area contributed by atoms with Gasteiger partial charge >= 0.3 is 6.18 Å². The van der Waals surface area contributed by atoms with E-state index < -0.39 is 12.6 Å². The number of piperidine rings is 1. The largest absolute Gasteiger partial charge is 0.390 e. The van der Waals surface area contributed by atoms with Gasteiger partial charge in [-0.25, -0.2) is 0 Å². The molecule has 17 heavy (non-hydrogen) atoms. The van der Waals surface area contributed by atoms with Crippen molar-refractivity contribution in [2.75, 3.05) is 32.7 Å². The van der Waals surface area contributed by atoms with E-state index >= 15 is 0 Å². The van der Waals surface area contributed by atoms with Gasteiger partial charge in [-0.15, -0.1) is 0 Å². The third-order valence-electron chi connectivity index (χ3n) is 3.23. The molecule has 0 atom stereocenters. The summed E-state index contributed by atoms with van der Waals surface area (Å²) >= 11 is 0. The summed E-state index contributed by atoms with van der Waals surface area (Å²) in [6.45, 7) is 5.78. The Hall–Kier alpha value is -0.290. The second kappa shape index (κ2) is 7.21. The van der Waals surface area contributed by atoms with Gasteiger partial charge in [0.1, 0.15) is 0 Å². The predicted octanol–water partition coefficient (Wildman–Crippen LogP) is 2.65. The van der Waals surface area contributed by atoms with Gasteiger partial charge in [0.2, 0.25) is 0 Å². The topological polar surface area (TPSA) is 15.3 Å². The van der Waals surface area contributed by atoms with Crippen LogP contribution in [0.2, 0.25) is 0 Å². The van der Waals surface area contributed by atoms with Gasteiger partial charge in [-0.05, 0) is 44.8 Å². The highest BCUT2D eigenvalue weighted by Crippen LogP contribution is 2.21. The molecule has 0 unspecified atom stereocenters. The quantitative estimate of drug-likeness (QED) is 0.782. The first-order chi connectivity index (χ1) is 8.01. The number of hydrogen-bond donors (Lipinski definition) is 1. The van der Waals surface area contributed by atoms with E-state index in [-0.39, 0.29) is 6.54 Å². The lowest BCUT2D eigenvalue weighted by Crippen LogP contribution is -2.38. The Kier molecular flexibility index (Phi) is 6.27. The maximum atomic E-state index is 12.2. The lowest BCUT2D eigenvalue weighted by Gasteiger charge is -2.30. The molecule has 0 amide bonds. The monoisotopic (exact) mass is 252 g/mol. The molecule has 0 radical (unpaired) electrons. The molecule has 0 spiro atoms. The molecule has 5 heteroatoms. The Morgan fingerprint density at radius 3 is 2.35 bits per heavy atom. The Morgan fingerprint density at radius 1 is 1.18 bits per heavy atom.